The van der Waals surface area contributed by atoms with E-state index in [-0.39, 0.29) is 23.8 Å². The lowest BCUT2D eigenvalue weighted by Gasteiger charge is -2.38. The molecule has 2 saturated heterocycles. The molecule has 8 atom stereocenters. The van der Waals surface area contributed by atoms with Crippen LogP contribution in [-0.2, 0) is 23.9 Å². The zero-order valence-electron chi connectivity index (χ0n) is 22.3. The highest BCUT2D eigenvalue weighted by atomic mass is 35.5. The second-order valence-electron chi connectivity index (χ2n) is 11.2. The van der Waals surface area contributed by atoms with Gasteiger partial charge in [-0.15, -0.1) is 0 Å². The monoisotopic (exact) mass is 543 g/mol. The zero-order valence-corrected chi connectivity index (χ0v) is 23.1. The van der Waals surface area contributed by atoms with Gasteiger partial charge in [0.15, 0.2) is 0 Å². The lowest BCUT2D eigenvalue weighted by Crippen LogP contribution is -2.58. The van der Waals surface area contributed by atoms with Crippen LogP contribution in [0.4, 0.5) is 5.69 Å². The first-order chi connectivity index (χ1) is 18.3. The minimum Gasteiger partial charge on any atom is -0.382 e. The lowest BCUT2D eigenvalue weighted by atomic mass is 9.73. The van der Waals surface area contributed by atoms with Gasteiger partial charge in [0, 0.05) is 36.5 Å². The normalized spacial score (nSPS) is 35.4. The molecule has 3 fully saturated rings. The summed E-state index contributed by atoms with van der Waals surface area (Å²) in [7, 11) is 0. The summed E-state index contributed by atoms with van der Waals surface area (Å²) in [6.45, 7) is 7.77. The summed E-state index contributed by atoms with van der Waals surface area (Å²) in [4.78, 5) is 43.1. The third-order valence-corrected chi connectivity index (χ3v) is 9.22. The molecule has 38 heavy (non-hydrogen) atoms. The van der Waals surface area contributed by atoms with E-state index in [0.29, 0.717) is 48.7 Å². The quantitative estimate of drug-likeness (QED) is 0.365. The Hall–Kier alpha value is -2.42. The van der Waals surface area contributed by atoms with Crippen LogP contribution in [0.1, 0.15) is 46.5 Å². The molecule has 5 rings (SSSR count). The predicted octanol–water partition coefficient (Wildman–Crippen LogP) is 3.80. The smallest absolute Gasteiger partial charge is 0.246 e. The van der Waals surface area contributed by atoms with E-state index < -0.39 is 29.6 Å². The van der Waals surface area contributed by atoms with Crippen LogP contribution in [0.25, 0.3) is 0 Å². The van der Waals surface area contributed by atoms with Gasteiger partial charge in [-0.25, -0.2) is 0 Å². The average Bonchev–Trinajstić information content (AvgIpc) is 3.53. The molecule has 3 aliphatic heterocycles. The third kappa shape index (κ3) is 4.75. The first kappa shape index (κ1) is 27.2. The predicted molar refractivity (Wildman–Crippen MR) is 145 cm³/mol. The van der Waals surface area contributed by atoms with Crippen molar-refractivity contribution in [3.63, 3.8) is 0 Å². The molecule has 1 aliphatic carbocycles. The Kier molecular flexibility index (Phi) is 7.85. The molecule has 9 heteroatoms. The van der Waals surface area contributed by atoms with Gasteiger partial charge < -0.3 is 25.0 Å². The molecule has 6 unspecified atom stereocenters. The summed E-state index contributed by atoms with van der Waals surface area (Å²) in [5.41, 5.74) is -0.572. The highest BCUT2D eigenvalue weighted by Gasteiger charge is 2.72. The summed E-state index contributed by atoms with van der Waals surface area (Å²) in [5, 5.41) is 6.77. The Bertz CT molecular complexity index is 1090. The number of carbonyl (C=O) groups excluding carboxylic acids is 3. The number of nitrogens with one attached hydrogen (secondary N) is 2. The molecular formula is C29H38ClN3O5. The van der Waals surface area contributed by atoms with E-state index in [4.69, 9.17) is 21.1 Å². The van der Waals surface area contributed by atoms with Gasteiger partial charge in [-0.2, -0.15) is 0 Å². The Labute approximate surface area is 229 Å². The Morgan fingerprint density at radius 3 is 2.68 bits per heavy atom. The van der Waals surface area contributed by atoms with Crippen molar-refractivity contribution in [2.24, 2.45) is 23.7 Å². The van der Waals surface area contributed by atoms with Gasteiger partial charge in [-0.3, -0.25) is 14.4 Å². The summed E-state index contributed by atoms with van der Waals surface area (Å²) < 4.78 is 11.9. The van der Waals surface area contributed by atoms with E-state index in [1.807, 2.05) is 19.1 Å². The molecule has 1 aromatic carbocycles. The number of benzene rings is 1. The number of carbonyl (C=O) groups is 3. The van der Waals surface area contributed by atoms with Gasteiger partial charge in [-0.05, 0) is 55.9 Å². The SMILES string of the molecule is CCOCCCN1C(=O)[C@H]2C(C(=O)Nc3ccc(Cl)cc3)[C@H]3C=CC2(O3)C1C(=O)NC1CCCC(C)C1C. The molecule has 1 saturated carbocycles. The van der Waals surface area contributed by atoms with E-state index >= 15 is 0 Å². The molecular weight excluding hydrogens is 506 g/mol. The van der Waals surface area contributed by atoms with Crippen LogP contribution in [0.3, 0.4) is 0 Å². The molecule has 206 valence electrons. The van der Waals surface area contributed by atoms with Gasteiger partial charge in [0.2, 0.25) is 17.7 Å². The second kappa shape index (κ2) is 11.0. The van der Waals surface area contributed by atoms with Crippen molar-refractivity contribution in [2.75, 3.05) is 25.1 Å². The third-order valence-electron chi connectivity index (χ3n) is 8.96. The maximum absolute atomic E-state index is 14.0. The van der Waals surface area contributed by atoms with Crippen LogP contribution < -0.4 is 10.6 Å². The fourth-order valence-corrected chi connectivity index (χ4v) is 6.92. The molecule has 3 heterocycles. The maximum Gasteiger partial charge on any atom is 0.246 e. The Morgan fingerprint density at radius 2 is 1.95 bits per heavy atom. The minimum absolute atomic E-state index is 0.0497. The van der Waals surface area contributed by atoms with Crippen molar-refractivity contribution in [2.45, 2.75) is 70.2 Å². The van der Waals surface area contributed by atoms with Gasteiger partial charge in [0.1, 0.15) is 11.6 Å². The van der Waals surface area contributed by atoms with Gasteiger partial charge in [0.05, 0.1) is 17.9 Å². The number of hydrogen-bond acceptors (Lipinski definition) is 5. The topological polar surface area (TPSA) is 97.0 Å². The molecule has 4 aliphatic rings. The standard InChI is InChI=1S/C29H38ClN3O5/c1-4-37-16-6-15-33-25(27(35)32-21-8-5-7-17(2)18(21)3)29-14-13-22(38-29)23(24(29)28(33)36)26(34)31-20-11-9-19(30)10-12-20/h9-14,17-18,21-25H,4-8,15-16H2,1-3H3,(H,31,34)(H,32,35)/t17?,18?,21?,22-,23?,24-,25?,29?/m1/s1. The average molecular weight is 544 g/mol. The number of amides is 3. The van der Waals surface area contributed by atoms with E-state index in [1.54, 1.807) is 29.2 Å². The number of nitrogens with zero attached hydrogens (tertiary/aromatic N) is 1. The lowest BCUT2D eigenvalue weighted by molar-refractivity contribution is -0.141. The van der Waals surface area contributed by atoms with Crippen molar-refractivity contribution >= 4 is 35.0 Å². The molecule has 0 aromatic heterocycles. The maximum atomic E-state index is 14.0. The summed E-state index contributed by atoms with van der Waals surface area (Å²) in [5.74, 6) is -1.35. The zero-order chi connectivity index (χ0) is 27.0. The van der Waals surface area contributed by atoms with Crippen molar-refractivity contribution in [3.05, 3.63) is 41.4 Å². The summed E-state index contributed by atoms with van der Waals surface area (Å²) in [6.07, 6.45) is 6.87. The van der Waals surface area contributed by atoms with Crippen LogP contribution in [0.5, 0.6) is 0 Å². The Balaban J connectivity index is 1.41. The fraction of sp³-hybridized carbons (Fsp3) is 0.621. The van der Waals surface area contributed by atoms with Crippen molar-refractivity contribution < 1.29 is 23.9 Å². The van der Waals surface area contributed by atoms with Crippen LogP contribution in [0, 0.1) is 23.7 Å². The van der Waals surface area contributed by atoms with Crippen LogP contribution in [0.15, 0.2) is 36.4 Å². The highest BCUT2D eigenvalue weighted by molar-refractivity contribution is 6.30. The van der Waals surface area contributed by atoms with E-state index in [0.717, 1.165) is 19.3 Å². The number of likely N-dealkylation sites (tertiary alicyclic amines) is 1. The summed E-state index contributed by atoms with van der Waals surface area (Å²) in [6, 6.07) is 6.06. The van der Waals surface area contributed by atoms with Gasteiger partial charge in [0.25, 0.3) is 0 Å². The molecule has 0 radical (unpaired) electrons. The number of anilines is 1. The molecule has 1 spiro atoms. The molecule has 2 bridgehead atoms. The number of rotatable bonds is 9. The number of halogens is 1. The van der Waals surface area contributed by atoms with Crippen molar-refractivity contribution in [1.29, 1.82) is 0 Å². The van der Waals surface area contributed by atoms with Crippen molar-refractivity contribution in [1.82, 2.24) is 10.2 Å². The molecule has 2 N–H and O–H groups in total. The molecule has 8 nitrogen and oxygen atoms in total. The molecule has 3 amide bonds. The first-order valence-corrected chi connectivity index (χ1v) is 14.3. The molecule has 1 aromatic rings. The second-order valence-corrected chi connectivity index (χ2v) is 11.6. The minimum atomic E-state index is -1.16. The number of hydrogen-bond donors (Lipinski definition) is 2. The van der Waals surface area contributed by atoms with Crippen molar-refractivity contribution in [3.8, 4) is 0 Å². The van der Waals surface area contributed by atoms with Crippen LogP contribution in [0.2, 0.25) is 5.02 Å². The van der Waals surface area contributed by atoms with E-state index in [2.05, 4.69) is 24.5 Å². The largest absolute Gasteiger partial charge is 0.382 e. The summed E-state index contributed by atoms with van der Waals surface area (Å²) >= 11 is 5.99. The van der Waals surface area contributed by atoms with E-state index in [1.165, 1.54) is 0 Å². The van der Waals surface area contributed by atoms with Gasteiger partial charge >= 0.3 is 0 Å². The number of ether oxygens (including phenoxy) is 2. The van der Waals surface area contributed by atoms with E-state index in [9.17, 15) is 14.4 Å². The first-order valence-electron chi connectivity index (χ1n) is 13.9. The van der Waals surface area contributed by atoms with Crippen LogP contribution >= 0.6 is 11.6 Å². The fourth-order valence-electron chi connectivity index (χ4n) is 6.80. The number of fused-ring (bicyclic) bond motifs is 1. The van der Waals surface area contributed by atoms with Gasteiger partial charge in [-0.1, -0.05) is 50.4 Å². The van der Waals surface area contributed by atoms with Crippen LogP contribution in [-0.4, -0.2) is 66.2 Å². The Morgan fingerprint density at radius 1 is 1.18 bits per heavy atom. The highest BCUT2D eigenvalue weighted by Crippen LogP contribution is 2.55.